The summed E-state index contributed by atoms with van der Waals surface area (Å²) >= 11 is 0. The summed E-state index contributed by atoms with van der Waals surface area (Å²) in [5.74, 6) is 0.838. The summed E-state index contributed by atoms with van der Waals surface area (Å²) in [6.07, 6.45) is 0. The van der Waals surface area contributed by atoms with E-state index in [1.54, 1.807) is 27.0 Å². The SMILES string of the molecule is COC(=O)C(C)(C)[C@H](N)c1ccc(OC)c(OCc2ccccc2)c1.Cl. The minimum atomic E-state index is -0.861. The van der Waals surface area contributed by atoms with Crippen LogP contribution < -0.4 is 15.2 Å². The number of benzene rings is 2. The van der Waals surface area contributed by atoms with Crippen molar-refractivity contribution in [2.75, 3.05) is 14.2 Å². The molecule has 0 aromatic heterocycles. The Kier molecular flexibility index (Phi) is 7.93. The first-order valence-corrected chi connectivity index (χ1v) is 8.08. The van der Waals surface area contributed by atoms with Gasteiger partial charge in [0.1, 0.15) is 6.61 Å². The Morgan fingerprint density at radius 2 is 1.73 bits per heavy atom. The van der Waals surface area contributed by atoms with Gasteiger partial charge in [-0.3, -0.25) is 4.79 Å². The molecule has 2 rings (SSSR count). The van der Waals surface area contributed by atoms with Gasteiger partial charge in [0.25, 0.3) is 0 Å². The van der Waals surface area contributed by atoms with E-state index < -0.39 is 11.5 Å². The summed E-state index contributed by atoms with van der Waals surface area (Å²) in [5.41, 5.74) is 7.29. The maximum Gasteiger partial charge on any atom is 0.313 e. The Balaban J connectivity index is 0.00000338. The van der Waals surface area contributed by atoms with Crippen molar-refractivity contribution in [1.82, 2.24) is 0 Å². The molecule has 0 spiro atoms. The van der Waals surface area contributed by atoms with Crippen molar-refractivity contribution in [3.8, 4) is 11.5 Å². The molecule has 0 bridgehead atoms. The molecule has 2 aromatic carbocycles. The molecule has 0 aliphatic carbocycles. The zero-order valence-corrected chi connectivity index (χ0v) is 16.3. The van der Waals surface area contributed by atoms with Gasteiger partial charge in [0.05, 0.1) is 19.6 Å². The zero-order chi connectivity index (χ0) is 18.4. The van der Waals surface area contributed by atoms with Crippen molar-refractivity contribution in [2.45, 2.75) is 26.5 Å². The van der Waals surface area contributed by atoms with Gasteiger partial charge >= 0.3 is 5.97 Å². The minimum Gasteiger partial charge on any atom is -0.493 e. The van der Waals surface area contributed by atoms with Gasteiger partial charge in [0.15, 0.2) is 11.5 Å². The molecule has 26 heavy (non-hydrogen) atoms. The van der Waals surface area contributed by atoms with Crippen molar-refractivity contribution < 1.29 is 19.0 Å². The predicted octanol–water partition coefficient (Wildman–Crippen LogP) is 3.90. The van der Waals surface area contributed by atoms with E-state index in [0.717, 1.165) is 11.1 Å². The lowest BCUT2D eigenvalue weighted by molar-refractivity contribution is -0.152. The summed E-state index contributed by atoms with van der Waals surface area (Å²) in [6, 6.07) is 14.8. The zero-order valence-electron chi connectivity index (χ0n) is 15.5. The van der Waals surface area contributed by atoms with Gasteiger partial charge in [0.2, 0.25) is 0 Å². The highest BCUT2D eigenvalue weighted by atomic mass is 35.5. The molecule has 0 heterocycles. The van der Waals surface area contributed by atoms with Crippen molar-refractivity contribution in [2.24, 2.45) is 11.1 Å². The molecule has 0 amide bonds. The molecule has 0 saturated carbocycles. The molecule has 0 fully saturated rings. The van der Waals surface area contributed by atoms with E-state index in [4.69, 9.17) is 19.9 Å². The molecule has 1 atom stereocenters. The Morgan fingerprint density at radius 1 is 1.08 bits per heavy atom. The fourth-order valence-electron chi connectivity index (χ4n) is 2.54. The van der Waals surface area contributed by atoms with Crippen LogP contribution in [0.5, 0.6) is 11.5 Å². The maximum absolute atomic E-state index is 12.0. The Labute approximate surface area is 160 Å². The van der Waals surface area contributed by atoms with Crippen LogP contribution in [0.4, 0.5) is 0 Å². The third-order valence-corrected chi connectivity index (χ3v) is 4.27. The number of esters is 1. The molecule has 0 unspecified atom stereocenters. The number of nitrogens with two attached hydrogens (primary N) is 1. The van der Waals surface area contributed by atoms with Gasteiger partial charge in [-0.25, -0.2) is 0 Å². The molecular formula is C20H26ClNO4. The third-order valence-electron chi connectivity index (χ3n) is 4.27. The molecule has 2 N–H and O–H groups in total. The number of hydrogen-bond acceptors (Lipinski definition) is 5. The predicted molar refractivity (Wildman–Crippen MR) is 104 cm³/mol. The average Bonchev–Trinajstić information content (AvgIpc) is 2.65. The van der Waals surface area contributed by atoms with Crippen LogP contribution in [0.15, 0.2) is 48.5 Å². The van der Waals surface area contributed by atoms with Gasteiger partial charge < -0.3 is 19.9 Å². The Bertz CT molecular complexity index is 719. The van der Waals surface area contributed by atoms with E-state index in [2.05, 4.69) is 0 Å². The van der Waals surface area contributed by atoms with Crippen LogP contribution in [0.3, 0.4) is 0 Å². The van der Waals surface area contributed by atoms with Gasteiger partial charge in [-0.1, -0.05) is 36.4 Å². The van der Waals surface area contributed by atoms with Crippen LogP contribution in [-0.2, 0) is 16.1 Å². The Hall–Kier alpha value is -2.24. The van der Waals surface area contributed by atoms with E-state index in [0.29, 0.717) is 18.1 Å². The third kappa shape index (κ3) is 4.90. The molecule has 6 heteroatoms. The molecule has 0 aliphatic rings. The van der Waals surface area contributed by atoms with Crippen LogP contribution in [0.25, 0.3) is 0 Å². The van der Waals surface area contributed by atoms with Crippen LogP contribution >= 0.6 is 12.4 Å². The summed E-state index contributed by atoms with van der Waals surface area (Å²) in [7, 11) is 2.95. The number of methoxy groups -OCH3 is 2. The van der Waals surface area contributed by atoms with Crippen molar-refractivity contribution in [3.63, 3.8) is 0 Å². The highest BCUT2D eigenvalue weighted by molar-refractivity contribution is 5.85. The lowest BCUT2D eigenvalue weighted by atomic mass is 9.81. The quantitative estimate of drug-likeness (QED) is 0.739. The Morgan fingerprint density at radius 3 is 2.31 bits per heavy atom. The van der Waals surface area contributed by atoms with E-state index in [1.807, 2.05) is 42.5 Å². The summed E-state index contributed by atoms with van der Waals surface area (Å²) < 4.78 is 16.1. The second-order valence-corrected chi connectivity index (χ2v) is 6.38. The maximum atomic E-state index is 12.0. The van der Waals surface area contributed by atoms with Gasteiger partial charge in [-0.2, -0.15) is 0 Å². The smallest absolute Gasteiger partial charge is 0.313 e. The summed E-state index contributed by atoms with van der Waals surface area (Å²) in [4.78, 5) is 12.0. The van der Waals surface area contributed by atoms with E-state index in [9.17, 15) is 4.79 Å². The lowest BCUT2D eigenvalue weighted by Gasteiger charge is -2.29. The molecule has 0 saturated heterocycles. The lowest BCUT2D eigenvalue weighted by Crippen LogP contribution is -2.37. The largest absolute Gasteiger partial charge is 0.493 e. The van der Waals surface area contributed by atoms with E-state index >= 15 is 0 Å². The van der Waals surface area contributed by atoms with Gasteiger partial charge in [-0.05, 0) is 37.1 Å². The molecule has 2 aromatic rings. The standard InChI is InChI=1S/C20H25NO4.ClH/c1-20(2,19(22)24-4)18(21)15-10-11-16(23-3)17(12-15)25-13-14-8-6-5-7-9-14;/h5-12,18H,13,21H2,1-4H3;1H/t18-;/m1./s1. The van der Waals surface area contributed by atoms with Crippen LogP contribution in [-0.4, -0.2) is 20.2 Å². The fraction of sp³-hybridized carbons (Fsp3) is 0.350. The highest BCUT2D eigenvalue weighted by Crippen LogP contribution is 2.37. The normalized spacial score (nSPS) is 11.9. The first-order chi connectivity index (χ1) is 11.9. The monoisotopic (exact) mass is 379 g/mol. The topological polar surface area (TPSA) is 70.8 Å². The fourth-order valence-corrected chi connectivity index (χ4v) is 2.54. The van der Waals surface area contributed by atoms with E-state index in [1.165, 1.54) is 7.11 Å². The molecule has 0 radical (unpaired) electrons. The van der Waals surface area contributed by atoms with Crippen molar-refractivity contribution in [1.29, 1.82) is 0 Å². The molecule has 0 aliphatic heterocycles. The number of carbonyl (C=O) groups excluding carboxylic acids is 1. The summed E-state index contributed by atoms with van der Waals surface area (Å²) in [5, 5.41) is 0. The van der Waals surface area contributed by atoms with Gasteiger partial charge in [-0.15, -0.1) is 12.4 Å². The molecule has 142 valence electrons. The minimum absolute atomic E-state index is 0. The first kappa shape index (κ1) is 21.8. The van der Waals surface area contributed by atoms with Crippen molar-refractivity contribution >= 4 is 18.4 Å². The molecule has 5 nitrogen and oxygen atoms in total. The van der Waals surface area contributed by atoms with E-state index in [-0.39, 0.29) is 18.4 Å². The van der Waals surface area contributed by atoms with Crippen LogP contribution in [0.1, 0.15) is 31.0 Å². The average molecular weight is 380 g/mol. The first-order valence-electron chi connectivity index (χ1n) is 8.08. The summed E-state index contributed by atoms with van der Waals surface area (Å²) in [6.45, 7) is 3.94. The molecular weight excluding hydrogens is 354 g/mol. The van der Waals surface area contributed by atoms with Crippen LogP contribution in [0, 0.1) is 5.41 Å². The number of ether oxygens (including phenoxy) is 3. The number of hydrogen-bond donors (Lipinski definition) is 1. The van der Waals surface area contributed by atoms with Crippen LogP contribution in [0.2, 0.25) is 0 Å². The number of halogens is 1. The van der Waals surface area contributed by atoms with Gasteiger partial charge in [0, 0.05) is 6.04 Å². The number of carbonyl (C=O) groups is 1. The highest BCUT2D eigenvalue weighted by Gasteiger charge is 2.37. The van der Waals surface area contributed by atoms with Crippen molar-refractivity contribution in [3.05, 3.63) is 59.7 Å². The second-order valence-electron chi connectivity index (χ2n) is 6.38. The second kappa shape index (κ2) is 9.46. The number of rotatable bonds is 7.